The number of hydrogen-bond acceptors (Lipinski definition) is 2. The summed E-state index contributed by atoms with van der Waals surface area (Å²) in [7, 11) is 0. The molecule has 2 rings (SSSR count). The fourth-order valence-corrected chi connectivity index (χ4v) is 1.71. The van der Waals surface area contributed by atoms with Gasteiger partial charge in [0.25, 0.3) is 0 Å². The van der Waals surface area contributed by atoms with E-state index in [4.69, 9.17) is 0 Å². The van der Waals surface area contributed by atoms with E-state index in [9.17, 15) is 14.0 Å². The molecule has 1 amide bonds. The molecule has 96 valence electrons. The quantitative estimate of drug-likeness (QED) is 0.856. The minimum absolute atomic E-state index is 0.0437. The highest BCUT2D eigenvalue weighted by Gasteiger charge is 2.08. The first-order valence-electron chi connectivity index (χ1n) is 5.77. The molecule has 0 heterocycles. The Kier molecular flexibility index (Phi) is 4.03. The predicted octanol–water partition coefficient (Wildman–Crippen LogP) is 2.82. The Labute approximate surface area is 110 Å². The molecule has 0 unspecified atom stereocenters. The third-order valence-corrected chi connectivity index (χ3v) is 2.62. The maximum absolute atomic E-state index is 13.4. The lowest BCUT2D eigenvalue weighted by atomic mass is 10.1. The topological polar surface area (TPSA) is 46.2 Å². The number of amides is 1. The van der Waals surface area contributed by atoms with Crippen LogP contribution in [-0.4, -0.2) is 12.2 Å². The Morgan fingerprint density at radius 1 is 1.16 bits per heavy atom. The van der Waals surface area contributed by atoms with Crippen LogP contribution in [0, 0.1) is 5.82 Å². The molecule has 0 aliphatic heterocycles. The summed E-state index contributed by atoms with van der Waals surface area (Å²) in [5.41, 5.74) is 1.33. The second-order valence-electron chi connectivity index (χ2n) is 4.06. The van der Waals surface area contributed by atoms with E-state index in [2.05, 4.69) is 5.32 Å². The van der Waals surface area contributed by atoms with Crippen molar-refractivity contribution in [1.82, 2.24) is 0 Å². The number of carbonyl (C=O) groups is 2. The molecule has 0 aliphatic rings. The molecule has 0 spiro atoms. The fraction of sp³-hybridized carbons (Fsp3) is 0.0667. The highest BCUT2D eigenvalue weighted by atomic mass is 19.1. The van der Waals surface area contributed by atoms with E-state index in [0.29, 0.717) is 23.1 Å². The zero-order valence-corrected chi connectivity index (χ0v) is 10.1. The van der Waals surface area contributed by atoms with Gasteiger partial charge in [-0.1, -0.05) is 30.3 Å². The van der Waals surface area contributed by atoms with Gasteiger partial charge in [0, 0.05) is 11.3 Å². The predicted molar refractivity (Wildman–Crippen MR) is 70.6 cm³/mol. The van der Waals surface area contributed by atoms with Crippen LogP contribution in [0.1, 0.15) is 15.9 Å². The van der Waals surface area contributed by atoms with Crippen molar-refractivity contribution >= 4 is 17.9 Å². The standard InChI is InChI=1S/C15H12FNO2/c16-14-7-2-1-5-12(14)9-15(19)17-13-6-3-4-11(8-13)10-18/h1-8,10H,9H2,(H,17,19). The summed E-state index contributed by atoms with van der Waals surface area (Å²) in [6.45, 7) is 0. The summed E-state index contributed by atoms with van der Waals surface area (Å²) >= 11 is 0. The van der Waals surface area contributed by atoms with Gasteiger partial charge >= 0.3 is 0 Å². The van der Waals surface area contributed by atoms with Gasteiger partial charge < -0.3 is 5.32 Å². The first-order chi connectivity index (χ1) is 9.19. The summed E-state index contributed by atoms with van der Waals surface area (Å²) in [5, 5.41) is 2.63. The molecule has 0 saturated carbocycles. The molecule has 2 aromatic carbocycles. The van der Waals surface area contributed by atoms with Gasteiger partial charge in [0.2, 0.25) is 5.91 Å². The number of hydrogen-bond donors (Lipinski definition) is 1. The van der Waals surface area contributed by atoms with Gasteiger partial charge in [0.1, 0.15) is 12.1 Å². The highest BCUT2D eigenvalue weighted by Crippen LogP contribution is 2.11. The van der Waals surface area contributed by atoms with Crippen molar-refractivity contribution in [3.63, 3.8) is 0 Å². The van der Waals surface area contributed by atoms with E-state index in [1.54, 1.807) is 42.5 Å². The van der Waals surface area contributed by atoms with Crippen LogP contribution >= 0.6 is 0 Å². The highest BCUT2D eigenvalue weighted by molar-refractivity contribution is 5.93. The normalized spacial score (nSPS) is 9.95. The number of nitrogens with one attached hydrogen (secondary N) is 1. The van der Waals surface area contributed by atoms with Crippen LogP contribution in [0.2, 0.25) is 0 Å². The third-order valence-electron chi connectivity index (χ3n) is 2.62. The van der Waals surface area contributed by atoms with E-state index in [0.717, 1.165) is 0 Å². The number of anilines is 1. The van der Waals surface area contributed by atoms with Crippen molar-refractivity contribution in [3.8, 4) is 0 Å². The lowest BCUT2D eigenvalue weighted by Gasteiger charge is -2.06. The van der Waals surface area contributed by atoms with Crippen LogP contribution in [0.5, 0.6) is 0 Å². The molecule has 0 atom stereocenters. The van der Waals surface area contributed by atoms with E-state index < -0.39 is 5.82 Å². The smallest absolute Gasteiger partial charge is 0.228 e. The molecule has 0 fully saturated rings. The van der Waals surface area contributed by atoms with Crippen LogP contribution in [0.15, 0.2) is 48.5 Å². The van der Waals surface area contributed by atoms with Crippen molar-refractivity contribution in [3.05, 3.63) is 65.5 Å². The zero-order chi connectivity index (χ0) is 13.7. The van der Waals surface area contributed by atoms with E-state index in [-0.39, 0.29) is 12.3 Å². The molecule has 0 aromatic heterocycles. The number of aldehydes is 1. The maximum Gasteiger partial charge on any atom is 0.228 e. The Morgan fingerprint density at radius 2 is 1.95 bits per heavy atom. The Morgan fingerprint density at radius 3 is 2.68 bits per heavy atom. The van der Waals surface area contributed by atoms with E-state index >= 15 is 0 Å². The van der Waals surface area contributed by atoms with Crippen LogP contribution in [0.25, 0.3) is 0 Å². The number of carbonyl (C=O) groups excluding carboxylic acids is 2. The summed E-state index contributed by atoms with van der Waals surface area (Å²) in [5.74, 6) is -0.729. The first kappa shape index (κ1) is 13.0. The average Bonchev–Trinajstić information content (AvgIpc) is 2.41. The summed E-state index contributed by atoms with van der Waals surface area (Å²) in [4.78, 5) is 22.4. The van der Waals surface area contributed by atoms with E-state index in [1.807, 2.05) is 0 Å². The Bertz CT molecular complexity index is 611. The number of benzene rings is 2. The van der Waals surface area contributed by atoms with E-state index in [1.165, 1.54) is 6.07 Å². The van der Waals surface area contributed by atoms with Crippen molar-refractivity contribution in [2.75, 3.05) is 5.32 Å². The minimum Gasteiger partial charge on any atom is -0.326 e. The van der Waals surface area contributed by atoms with Crippen molar-refractivity contribution in [1.29, 1.82) is 0 Å². The summed E-state index contributed by atoms with van der Waals surface area (Å²) in [6, 6.07) is 12.7. The molecule has 2 aromatic rings. The Hall–Kier alpha value is -2.49. The van der Waals surface area contributed by atoms with Gasteiger partial charge in [-0.3, -0.25) is 9.59 Å². The minimum atomic E-state index is -0.403. The molecule has 0 bridgehead atoms. The fourth-order valence-electron chi connectivity index (χ4n) is 1.71. The van der Waals surface area contributed by atoms with Crippen molar-refractivity contribution < 1.29 is 14.0 Å². The van der Waals surface area contributed by atoms with Gasteiger partial charge in [-0.25, -0.2) is 4.39 Å². The van der Waals surface area contributed by atoms with Crippen LogP contribution in [0.4, 0.5) is 10.1 Å². The molecule has 1 N–H and O–H groups in total. The van der Waals surface area contributed by atoms with Crippen LogP contribution < -0.4 is 5.32 Å². The molecule has 0 aliphatic carbocycles. The molecular weight excluding hydrogens is 245 g/mol. The average molecular weight is 257 g/mol. The largest absolute Gasteiger partial charge is 0.326 e. The lowest BCUT2D eigenvalue weighted by Crippen LogP contribution is -2.15. The molecule has 4 heteroatoms. The molecule has 19 heavy (non-hydrogen) atoms. The first-order valence-corrected chi connectivity index (χ1v) is 5.77. The molecule has 0 saturated heterocycles. The van der Waals surface area contributed by atoms with Gasteiger partial charge in [0.15, 0.2) is 0 Å². The third kappa shape index (κ3) is 3.48. The van der Waals surface area contributed by atoms with Crippen molar-refractivity contribution in [2.45, 2.75) is 6.42 Å². The van der Waals surface area contributed by atoms with Crippen LogP contribution in [-0.2, 0) is 11.2 Å². The van der Waals surface area contributed by atoms with Gasteiger partial charge in [-0.15, -0.1) is 0 Å². The molecular formula is C15H12FNO2. The number of rotatable bonds is 4. The zero-order valence-electron chi connectivity index (χ0n) is 10.1. The monoisotopic (exact) mass is 257 g/mol. The SMILES string of the molecule is O=Cc1cccc(NC(=O)Cc2ccccc2F)c1. The summed E-state index contributed by atoms with van der Waals surface area (Å²) in [6.07, 6.45) is 0.657. The Balaban J connectivity index is 2.05. The summed E-state index contributed by atoms with van der Waals surface area (Å²) < 4.78 is 13.4. The second kappa shape index (κ2) is 5.91. The lowest BCUT2D eigenvalue weighted by molar-refractivity contribution is -0.115. The van der Waals surface area contributed by atoms with Gasteiger partial charge in [0.05, 0.1) is 6.42 Å². The molecule has 3 nitrogen and oxygen atoms in total. The number of halogens is 1. The van der Waals surface area contributed by atoms with Crippen LogP contribution in [0.3, 0.4) is 0 Å². The van der Waals surface area contributed by atoms with Crippen molar-refractivity contribution in [2.24, 2.45) is 0 Å². The molecule has 0 radical (unpaired) electrons. The van der Waals surface area contributed by atoms with Gasteiger partial charge in [-0.2, -0.15) is 0 Å². The second-order valence-corrected chi connectivity index (χ2v) is 4.06. The van der Waals surface area contributed by atoms with Gasteiger partial charge in [-0.05, 0) is 23.8 Å². The maximum atomic E-state index is 13.4.